The SMILES string of the molecule is COc1cc(OC)cc(N(CCO)c2ccc3ncc(C4C(C)=NN(C)C4C)nc3c2)c1. The molecular weight excluding hydrogens is 406 g/mol. The second kappa shape index (κ2) is 9.00. The third-order valence-corrected chi connectivity index (χ3v) is 5.98. The van der Waals surface area contributed by atoms with Gasteiger partial charge >= 0.3 is 0 Å². The molecule has 168 valence electrons. The highest BCUT2D eigenvalue weighted by atomic mass is 16.5. The number of hydrogen-bond donors (Lipinski definition) is 1. The van der Waals surface area contributed by atoms with Crippen LogP contribution in [0, 0.1) is 0 Å². The molecule has 4 rings (SSSR count). The van der Waals surface area contributed by atoms with E-state index >= 15 is 0 Å². The van der Waals surface area contributed by atoms with Crippen molar-refractivity contribution in [3.63, 3.8) is 0 Å². The Bertz CT molecular complexity index is 1130. The number of rotatable bonds is 7. The standard InChI is InChI=1S/C24H29N5O3/c1-15-24(16(2)28(3)27-15)23-14-25-21-7-6-17(12-22(21)26-23)29(8-9-30)18-10-19(31-4)13-20(11-18)32-5/h6-7,10-14,16,24,30H,8-9H2,1-5H3. The lowest BCUT2D eigenvalue weighted by molar-refractivity contribution is 0.287. The van der Waals surface area contributed by atoms with E-state index in [4.69, 9.17) is 14.5 Å². The molecule has 3 aromatic rings. The Morgan fingerprint density at radius 2 is 1.75 bits per heavy atom. The third-order valence-electron chi connectivity index (χ3n) is 5.98. The van der Waals surface area contributed by atoms with Crippen LogP contribution in [0.5, 0.6) is 11.5 Å². The molecule has 0 saturated heterocycles. The quantitative estimate of drug-likeness (QED) is 0.607. The van der Waals surface area contributed by atoms with Gasteiger partial charge in [0, 0.05) is 55.1 Å². The number of benzene rings is 2. The Kier molecular flexibility index (Phi) is 6.14. The Labute approximate surface area is 188 Å². The number of aromatic nitrogens is 2. The van der Waals surface area contributed by atoms with E-state index in [1.807, 2.05) is 66.5 Å². The Hall–Kier alpha value is -3.39. The fourth-order valence-electron chi connectivity index (χ4n) is 4.22. The summed E-state index contributed by atoms with van der Waals surface area (Å²) in [5.41, 5.74) is 5.31. The van der Waals surface area contributed by atoms with Crippen molar-refractivity contribution >= 4 is 28.1 Å². The number of aliphatic hydroxyl groups excluding tert-OH is 1. The van der Waals surface area contributed by atoms with Gasteiger partial charge in [-0.25, -0.2) is 4.98 Å². The van der Waals surface area contributed by atoms with Gasteiger partial charge in [0.05, 0.1) is 49.5 Å². The maximum absolute atomic E-state index is 9.75. The molecule has 1 aliphatic rings. The van der Waals surface area contributed by atoms with Crippen LogP contribution >= 0.6 is 0 Å². The van der Waals surface area contributed by atoms with Gasteiger partial charge in [0.15, 0.2) is 0 Å². The first kappa shape index (κ1) is 21.8. The summed E-state index contributed by atoms with van der Waals surface area (Å²) in [5, 5.41) is 16.3. The minimum Gasteiger partial charge on any atom is -0.497 e. The molecule has 0 fully saturated rings. The van der Waals surface area contributed by atoms with Crippen molar-refractivity contribution in [1.82, 2.24) is 15.0 Å². The van der Waals surface area contributed by atoms with E-state index < -0.39 is 0 Å². The summed E-state index contributed by atoms with van der Waals surface area (Å²) >= 11 is 0. The van der Waals surface area contributed by atoms with Gasteiger partial charge in [-0.1, -0.05) is 0 Å². The van der Waals surface area contributed by atoms with E-state index in [0.717, 1.165) is 33.8 Å². The van der Waals surface area contributed by atoms with Crippen LogP contribution in [0.2, 0.25) is 0 Å². The highest BCUT2D eigenvalue weighted by molar-refractivity contribution is 5.91. The second-order valence-corrected chi connectivity index (χ2v) is 7.95. The summed E-state index contributed by atoms with van der Waals surface area (Å²) in [6.45, 7) is 4.58. The van der Waals surface area contributed by atoms with Crippen LogP contribution in [0.1, 0.15) is 25.5 Å². The molecule has 32 heavy (non-hydrogen) atoms. The molecule has 0 amide bonds. The van der Waals surface area contributed by atoms with E-state index in [-0.39, 0.29) is 18.6 Å². The van der Waals surface area contributed by atoms with Gasteiger partial charge in [-0.05, 0) is 32.0 Å². The number of aliphatic hydroxyl groups is 1. The van der Waals surface area contributed by atoms with E-state index in [1.54, 1.807) is 14.2 Å². The maximum atomic E-state index is 9.75. The van der Waals surface area contributed by atoms with Gasteiger partial charge in [-0.2, -0.15) is 5.10 Å². The molecule has 2 unspecified atom stereocenters. The minimum absolute atomic E-state index is 0.00906. The van der Waals surface area contributed by atoms with Crippen LogP contribution in [-0.4, -0.2) is 66.3 Å². The highest BCUT2D eigenvalue weighted by Crippen LogP contribution is 2.34. The van der Waals surface area contributed by atoms with Gasteiger partial charge in [-0.15, -0.1) is 0 Å². The number of fused-ring (bicyclic) bond motifs is 1. The monoisotopic (exact) mass is 435 g/mol. The summed E-state index contributed by atoms with van der Waals surface area (Å²) in [7, 11) is 5.22. The average molecular weight is 436 g/mol. The van der Waals surface area contributed by atoms with Crippen LogP contribution in [-0.2, 0) is 0 Å². The van der Waals surface area contributed by atoms with Gasteiger partial charge in [-0.3, -0.25) is 9.99 Å². The van der Waals surface area contributed by atoms with Crippen molar-refractivity contribution in [3.05, 3.63) is 48.3 Å². The van der Waals surface area contributed by atoms with Gasteiger partial charge < -0.3 is 19.5 Å². The van der Waals surface area contributed by atoms with Crippen LogP contribution in [0.3, 0.4) is 0 Å². The largest absolute Gasteiger partial charge is 0.497 e. The topological polar surface area (TPSA) is 83.3 Å². The van der Waals surface area contributed by atoms with Crippen LogP contribution in [0.25, 0.3) is 11.0 Å². The lowest BCUT2D eigenvalue weighted by Crippen LogP contribution is -2.26. The van der Waals surface area contributed by atoms with E-state index in [1.165, 1.54) is 0 Å². The molecular formula is C24H29N5O3. The molecule has 0 spiro atoms. The van der Waals surface area contributed by atoms with E-state index in [0.29, 0.717) is 18.0 Å². The Balaban J connectivity index is 1.76. The van der Waals surface area contributed by atoms with Crippen molar-refractivity contribution in [1.29, 1.82) is 0 Å². The smallest absolute Gasteiger partial charge is 0.124 e. The predicted molar refractivity (Wildman–Crippen MR) is 126 cm³/mol. The van der Waals surface area contributed by atoms with Crippen LogP contribution < -0.4 is 14.4 Å². The molecule has 2 atom stereocenters. The lowest BCUT2D eigenvalue weighted by Gasteiger charge is -2.25. The number of hydrogen-bond acceptors (Lipinski definition) is 8. The molecule has 1 aromatic heterocycles. The molecule has 1 N–H and O–H groups in total. The first-order valence-corrected chi connectivity index (χ1v) is 10.6. The molecule has 2 aromatic carbocycles. The van der Waals surface area contributed by atoms with Crippen molar-refractivity contribution < 1.29 is 14.6 Å². The zero-order chi connectivity index (χ0) is 22.8. The van der Waals surface area contributed by atoms with Gasteiger partial charge in [0.25, 0.3) is 0 Å². The number of nitrogens with zero attached hydrogens (tertiary/aromatic N) is 5. The molecule has 2 heterocycles. The van der Waals surface area contributed by atoms with Crippen molar-refractivity contribution in [2.45, 2.75) is 25.8 Å². The van der Waals surface area contributed by atoms with Crippen LogP contribution in [0.15, 0.2) is 47.7 Å². The summed E-state index contributed by atoms with van der Waals surface area (Å²) in [6, 6.07) is 11.8. The Morgan fingerprint density at radius 1 is 1.03 bits per heavy atom. The zero-order valence-electron chi connectivity index (χ0n) is 19.1. The first-order valence-electron chi connectivity index (χ1n) is 10.6. The third kappa shape index (κ3) is 4.05. The molecule has 8 nitrogen and oxygen atoms in total. The summed E-state index contributed by atoms with van der Waals surface area (Å²) in [6.07, 6.45) is 1.85. The molecule has 8 heteroatoms. The van der Waals surface area contributed by atoms with Gasteiger partial charge in [0.1, 0.15) is 11.5 Å². The number of likely N-dealkylation sites (N-methyl/N-ethyl adjacent to an activating group) is 1. The molecule has 0 radical (unpaired) electrons. The summed E-state index contributed by atoms with van der Waals surface area (Å²) < 4.78 is 10.9. The van der Waals surface area contributed by atoms with Crippen molar-refractivity contribution in [2.75, 3.05) is 39.3 Å². The fourth-order valence-corrected chi connectivity index (χ4v) is 4.22. The van der Waals surface area contributed by atoms with E-state index in [2.05, 4.69) is 17.0 Å². The molecule has 1 aliphatic heterocycles. The Morgan fingerprint density at radius 3 is 2.34 bits per heavy atom. The van der Waals surface area contributed by atoms with Gasteiger partial charge in [0.2, 0.25) is 0 Å². The molecule has 0 saturated carbocycles. The molecule has 0 bridgehead atoms. The highest BCUT2D eigenvalue weighted by Gasteiger charge is 2.32. The summed E-state index contributed by atoms with van der Waals surface area (Å²) in [5.74, 6) is 1.47. The lowest BCUT2D eigenvalue weighted by atomic mass is 9.94. The minimum atomic E-state index is -0.00906. The predicted octanol–water partition coefficient (Wildman–Crippen LogP) is 3.57. The van der Waals surface area contributed by atoms with Crippen molar-refractivity contribution in [2.24, 2.45) is 5.10 Å². The number of anilines is 2. The first-order chi connectivity index (χ1) is 15.4. The van der Waals surface area contributed by atoms with Crippen LogP contribution in [0.4, 0.5) is 11.4 Å². The second-order valence-electron chi connectivity index (χ2n) is 7.95. The number of methoxy groups -OCH3 is 2. The summed E-state index contributed by atoms with van der Waals surface area (Å²) in [4.78, 5) is 11.6. The maximum Gasteiger partial charge on any atom is 0.124 e. The van der Waals surface area contributed by atoms with Crippen molar-refractivity contribution in [3.8, 4) is 11.5 Å². The normalized spacial score (nSPS) is 18.1. The fraction of sp³-hybridized carbons (Fsp3) is 0.375. The average Bonchev–Trinajstić information content (AvgIpc) is 3.07. The van der Waals surface area contributed by atoms with E-state index in [9.17, 15) is 5.11 Å². The number of hydrazone groups is 1. The number of ether oxygens (including phenoxy) is 2. The zero-order valence-corrected chi connectivity index (χ0v) is 19.1. The molecule has 0 aliphatic carbocycles.